The summed E-state index contributed by atoms with van der Waals surface area (Å²) in [4.78, 5) is 21.4. The summed E-state index contributed by atoms with van der Waals surface area (Å²) in [5, 5.41) is 1.72. The number of rotatable bonds is 3. The summed E-state index contributed by atoms with van der Waals surface area (Å²) in [5.74, 6) is -0.692. The van der Waals surface area contributed by atoms with E-state index in [9.17, 15) is 13.6 Å². The number of aryl methyl sites for hydroxylation is 1. The number of fused-ring (bicyclic) bond motifs is 1. The van der Waals surface area contributed by atoms with Crippen molar-refractivity contribution in [1.29, 1.82) is 0 Å². The quantitative estimate of drug-likeness (QED) is 0.724. The molecule has 1 aliphatic rings. The molecule has 7 heteroatoms. The van der Waals surface area contributed by atoms with Crippen molar-refractivity contribution in [2.45, 2.75) is 26.2 Å². The highest BCUT2D eigenvalue weighted by Gasteiger charge is 2.36. The lowest BCUT2D eigenvalue weighted by Crippen LogP contribution is -2.44. The Bertz CT molecular complexity index is 1110. The maximum atomic E-state index is 13.7. The highest BCUT2D eigenvalue weighted by molar-refractivity contribution is 5.96. The van der Waals surface area contributed by atoms with Gasteiger partial charge in [-0.3, -0.25) is 15.2 Å². The largest absolute Gasteiger partial charge is 0.284 e. The van der Waals surface area contributed by atoms with E-state index in [1.165, 1.54) is 30.5 Å². The smallest absolute Gasteiger partial charge is 0.273 e. The number of nitrogens with one attached hydrogen (secondary N) is 1. The van der Waals surface area contributed by atoms with Crippen LogP contribution in [0, 0.1) is 18.6 Å². The minimum absolute atomic E-state index is 0.304. The predicted octanol–water partition coefficient (Wildman–Crippen LogP) is 4.17. The molecule has 1 amide bonds. The fraction of sp³-hybridized carbons (Fsp3) is 0.227. The Balaban J connectivity index is 1.58. The first-order valence-electron chi connectivity index (χ1n) is 9.23. The molecule has 0 bridgehead atoms. The van der Waals surface area contributed by atoms with Crippen LogP contribution >= 0.6 is 0 Å². The van der Waals surface area contributed by atoms with E-state index < -0.39 is 0 Å². The molecule has 0 atom stereocenters. The van der Waals surface area contributed by atoms with E-state index in [0.717, 1.165) is 11.3 Å². The van der Waals surface area contributed by atoms with Crippen molar-refractivity contribution in [2.24, 2.45) is 0 Å². The molecule has 1 aromatic heterocycles. The average Bonchev–Trinajstić information content (AvgIpc) is 2.91. The molecule has 0 spiro atoms. The molecule has 2 heterocycles. The minimum atomic E-state index is -0.377. The number of carbonyl (C=O) groups is 1. The molecular weight excluding hydrogens is 374 g/mol. The number of benzene rings is 2. The average molecular weight is 394 g/mol. The first kappa shape index (κ1) is 19.0. The van der Waals surface area contributed by atoms with Crippen LogP contribution in [0.5, 0.6) is 0 Å². The van der Waals surface area contributed by atoms with Gasteiger partial charge in [0.25, 0.3) is 5.91 Å². The number of halogens is 2. The Morgan fingerprint density at radius 2 is 1.90 bits per heavy atom. The second kappa shape index (κ2) is 6.92. The summed E-state index contributed by atoms with van der Waals surface area (Å²) in [7, 11) is 0. The van der Waals surface area contributed by atoms with Crippen molar-refractivity contribution in [3.63, 3.8) is 0 Å². The maximum absolute atomic E-state index is 13.7. The topological polar surface area (TPSA) is 58.1 Å². The molecule has 5 nitrogen and oxygen atoms in total. The maximum Gasteiger partial charge on any atom is 0.273 e. The van der Waals surface area contributed by atoms with Gasteiger partial charge >= 0.3 is 0 Å². The molecule has 1 aliphatic heterocycles. The standard InChI is InChI=1S/C22H20F2N4O/c1-13-17(11-25-20(26-13)14-5-4-6-15(23)9-14)21(29)27-28-12-22(2,3)18-10-16(24)7-8-19(18)28/h4-11H,12H2,1-3H3,(H,27,29). The molecule has 0 saturated heterocycles. The van der Waals surface area contributed by atoms with Crippen molar-refractivity contribution in [1.82, 2.24) is 15.4 Å². The Morgan fingerprint density at radius 3 is 2.62 bits per heavy atom. The molecule has 4 rings (SSSR count). The molecule has 1 N–H and O–H groups in total. The van der Waals surface area contributed by atoms with Crippen LogP contribution in [-0.2, 0) is 5.41 Å². The van der Waals surface area contributed by atoms with E-state index in [2.05, 4.69) is 15.4 Å². The van der Waals surface area contributed by atoms with Crippen molar-refractivity contribution in [3.05, 3.63) is 77.1 Å². The normalized spacial score (nSPS) is 14.6. The van der Waals surface area contributed by atoms with Crippen molar-refractivity contribution < 1.29 is 13.6 Å². The highest BCUT2D eigenvalue weighted by atomic mass is 19.1. The molecule has 0 fully saturated rings. The van der Waals surface area contributed by atoms with Gasteiger partial charge in [-0.1, -0.05) is 26.0 Å². The number of aromatic nitrogens is 2. The number of carbonyl (C=O) groups excluding carboxylic acids is 1. The molecule has 0 unspecified atom stereocenters. The Morgan fingerprint density at radius 1 is 1.14 bits per heavy atom. The molecule has 2 aromatic carbocycles. The van der Waals surface area contributed by atoms with Crippen LogP contribution in [0.25, 0.3) is 11.4 Å². The minimum Gasteiger partial charge on any atom is -0.284 e. The summed E-state index contributed by atoms with van der Waals surface area (Å²) >= 11 is 0. The summed E-state index contributed by atoms with van der Waals surface area (Å²) in [5.41, 5.74) is 5.50. The SMILES string of the molecule is Cc1nc(-c2cccc(F)c2)ncc1C(=O)NN1CC(C)(C)c2cc(F)ccc21. The van der Waals surface area contributed by atoms with Crippen LogP contribution in [-0.4, -0.2) is 22.4 Å². The summed E-state index contributed by atoms with van der Waals surface area (Å²) in [6, 6.07) is 10.5. The number of hydrogen-bond acceptors (Lipinski definition) is 4. The van der Waals surface area contributed by atoms with Crippen LogP contribution < -0.4 is 10.4 Å². The summed E-state index contributed by atoms with van der Waals surface area (Å²) < 4.78 is 27.1. The van der Waals surface area contributed by atoms with Gasteiger partial charge < -0.3 is 0 Å². The van der Waals surface area contributed by atoms with Crippen molar-refractivity contribution in [2.75, 3.05) is 11.6 Å². The second-order valence-corrected chi connectivity index (χ2v) is 7.78. The summed E-state index contributed by atoms with van der Waals surface area (Å²) in [6.07, 6.45) is 1.44. The third kappa shape index (κ3) is 3.55. The second-order valence-electron chi connectivity index (χ2n) is 7.78. The van der Waals surface area contributed by atoms with E-state index in [0.29, 0.717) is 29.2 Å². The van der Waals surface area contributed by atoms with Gasteiger partial charge in [0.1, 0.15) is 11.6 Å². The third-order valence-corrected chi connectivity index (χ3v) is 5.08. The predicted molar refractivity (Wildman–Crippen MR) is 106 cm³/mol. The van der Waals surface area contributed by atoms with Gasteiger partial charge in [-0.15, -0.1) is 0 Å². The van der Waals surface area contributed by atoms with Gasteiger partial charge in [-0.2, -0.15) is 0 Å². The fourth-order valence-electron chi connectivity index (χ4n) is 3.59. The number of hydrazine groups is 1. The molecule has 0 aliphatic carbocycles. The zero-order chi connectivity index (χ0) is 20.8. The van der Waals surface area contributed by atoms with Gasteiger partial charge in [-0.05, 0) is 42.8 Å². The Hall–Kier alpha value is -3.35. The zero-order valence-electron chi connectivity index (χ0n) is 16.3. The third-order valence-electron chi connectivity index (χ3n) is 5.08. The van der Waals surface area contributed by atoms with Gasteiger partial charge in [0.05, 0.1) is 16.9 Å². The zero-order valence-corrected chi connectivity index (χ0v) is 16.3. The van der Waals surface area contributed by atoms with Crippen molar-refractivity contribution in [3.8, 4) is 11.4 Å². The van der Waals surface area contributed by atoms with Gasteiger partial charge in [0.15, 0.2) is 5.82 Å². The van der Waals surface area contributed by atoms with Crippen LogP contribution in [0.1, 0.15) is 35.5 Å². The molecule has 0 radical (unpaired) electrons. The van der Waals surface area contributed by atoms with Crippen molar-refractivity contribution >= 4 is 11.6 Å². The van der Waals surface area contributed by atoms with Crippen LogP contribution in [0.15, 0.2) is 48.7 Å². The van der Waals surface area contributed by atoms with Gasteiger partial charge in [0.2, 0.25) is 0 Å². The van der Waals surface area contributed by atoms with E-state index in [4.69, 9.17) is 0 Å². The number of hydrogen-bond donors (Lipinski definition) is 1. The summed E-state index contributed by atoms with van der Waals surface area (Å²) in [6.45, 7) is 6.22. The Labute approximate surface area is 167 Å². The lowest BCUT2D eigenvalue weighted by Gasteiger charge is -2.23. The van der Waals surface area contributed by atoms with Gasteiger partial charge in [-0.25, -0.2) is 18.7 Å². The highest BCUT2D eigenvalue weighted by Crippen LogP contribution is 2.39. The lowest BCUT2D eigenvalue weighted by molar-refractivity contribution is 0.0947. The van der Waals surface area contributed by atoms with E-state index >= 15 is 0 Å². The molecular formula is C22H20F2N4O. The molecule has 3 aromatic rings. The van der Waals surface area contributed by atoms with E-state index in [-0.39, 0.29) is 23.0 Å². The van der Waals surface area contributed by atoms with E-state index in [1.807, 2.05) is 13.8 Å². The molecule has 29 heavy (non-hydrogen) atoms. The Kier molecular flexibility index (Phi) is 4.53. The number of nitrogens with zero attached hydrogens (tertiary/aromatic N) is 3. The van der Waals surface area contributed by atoms with E-state index in [1.54, 1.807) is 30.1 Å². The number of anilines is 1. The van der Waals surface area contributed by atoms with Crippen LogP contribution in [0.2, 0.25) is 0 Å². The fourth-order valence-corrected chi connectivity index (χ4v) is 3.59. The first-order valence-corrected chi connectivity index (χ1v) is 9.23. The van der Waals surface area contributed by atoms with Gasteiger partial charge in [0, 0.05) is 23.7 Å². The number of amides is 1. The first-order chi connectivity index (χ1) is 13.7. The lowest BCUT2D eigenvalue weighted by atomic mass is 9.87. The molecule has 0 saturated carbocycles. The van der Waals surface area contributed by atoms with Crippen LogP contribution in [0.3, 0.4) is 0 Å². The monoisotopic (exact) mass is 394 g/mol. The molecule has 148 valence electrons. The van der Waals surface area contributed by atoms with Crippen LogP contribution in [0.4, 0.5) is 14.5 Å².